The molecule has 0 amide bonds. The Morgan fingerprint density at radius 2 is 1.78 bits per heavy atom. The highest BCUT2D eigenvalue weighted by atomic mass is 35.5. The van der Waals surface area contributed by atoms with Crippen LogP contribution in [0, 0.1) is 5.92 Å². The van der Waals surface area contributed by atoms with Gasteiger partial charge in [-0.05, 0) is 36.5 Å². The molecule has 2 heterocycles. The number of halogens is 2. The minimum absolute atomic E-state index is 0.177. The molecule has 3 N–H and O–H groups in total. The van der Waals surface area contributed by atoms with E-state index >= 15 is 0 Å². The normalized spacial score (nSPS) is 17.3. The predicted octanol–water partition coefficient (Wildman–Crippen LogP) is 3.32. The van der Waals surface area contributed by atoms with E-state index in [0.717, 1.165) is 37.3 Å². The Kier molecular flexibility index (Phi) is 4.90. The van der Waals surface area contributed by atoms with E-state index in [1.807, 2.05) is 12.1 Å². The Bertz CT molecular complexity index is 652. The van der Waals surface area contributed by atoms with E-state index in [-0.39, 0.29) is 11.9 Å². The van der Waals surface area contributed by atoms with Gasteiger partial charge < -0.3 is 15.7 Å². The number of hydrogen-bond acceptors (Lipinski definition) is 5. The second kappa shape index (κ2) is 6.91. The standard InChI is InChI=1S/C16H18Cl2N4O/c17-12-3-1-10(2-4-12)15(23)11-5-7-22(8-6-11)14-9-13(18)20-16(19)21-14/h1-4,9,11,15,23H,5-8H2,(H2,19,20,21). The third-order valence-electron chi connectivity index (χ3n) is 4.22. The minimum Gasteiger partial charge on any atom is -0.388 e. The highest BCUT2D eigenvalue weighted by molar-refractivity contribution is 6.30. The zero-order valence-electron chi connectivity index (χ0n) is 12.5. The molecule has 0 spiro atoms. The Labute approximate surface area is 145 Å². The fraction of sp³-hybridized carbons (Fsp3) is 0.375. The monoisotopic (exact) mass is 352 g/mol. The zero-order valence-corrected chi connectivity index (χ0v) is 14.0. The van der Waals surface area contributed by atoms with Crippen molar-refractivity contribution < 1.29 is 5.11 Å². The van der Waals surface area contributed by atoms with Gasteiger partial charge in [0.15, 0.2) is 0 Å². The van der Waals surface area contributed by atoms with E-state index in [0.29, 0.717) is 10.2 Å². The number of rotatable bonds is 3. The number of aromatic nitrogens is 2. The summed E-state index contributed by atoms with van der Waals surface area (Å²) in [5.74, 6) is 1.12. The molecule has 122 valence electrons. The number of benzene rings is 1. The molecule has 1 atom stereocenters. The van der Waals surface area contributed by atoms with Crippen molar-refractivity contribution in [2.24, 2.45) is 5.92 Å². The summed E-state index contributed by atoms with van der Waals surface area (Å²) in [6.07, 6.45) is 1.25. The molecule has 3 rings (SSSR count). The first-order chi connectivity index (χ1) is 11.0. The molecule has 1 aliphatic rings. The largest absolute Gasteiger partial charge is 0.388 e. The van der Waals surface area contributed by atoms with Crippen molar-refractivity contribution in [3.63, 3.8) is 0 Å². The maximum atomic E-state index is 10.6. The van der Waals surface area contributed by atoms with Gasteiger partial charge in [-0.3, -0.25) is 0 Å². The van der Waals surface area contributed by atoms with Crippen molar-refractivity contribution in [2.45, 2.75) is 18.9 Å². The topological polar surface area (TPSA) is 75.3 Å². The van der Waals surface area contributed by atoms with Crippen LogP contribution in [-0.2, 0) is 0 Å². The minimum atomic E-state index is -0.478. The Morgan fingerprint density at radius 1 is 1.13 bits per heavy atom. The van der Waals surface area contributed by atoms with Crippen molar-refractivity contribution >= 4 is 35.0 Å². The van der Waals surface area contributed by atoms with Crippen LogP contribution in [0.4, 0.5) is 11.8 Å². The Hall–Kier alpha value is -1.56. The van der Waals surface area contributed by atoms with E-state index in [4.69, 9.17) is 28.9 Å². The molecule has 0 radical (unpaired) electrons. The van der Waals surface area contributed by atoms with E-state index in [1.54, 1.807) is 18.2 Å². The summed E-state index contributed by atoms with van der Waals surface area (Å²) < 4.78 is 0. The van der Waals surface area contributed by atoms with E-state index in [2.05, 4.69) is 14.9 Å². The average Bonchev–Trinajstić information content (AvgIpc) is 2.54. The molecule has 0 bridgehead atoms. The number of nitrogens with zero attached hydrogens (tertiary/aromatic N) is 3. The summed E-state index contributed by atoms with van der Waals surface area (Å²) >= 11 is 11.8. The van der Waals surface area contributed by atoms with Crippen LogP contribution in [0.2, 0.25) is 10.2 Å². The van der Waals surface area contributed by atoms with Crippen molar-refractivity contribution in [1.29, 1.82) is 0 Å². The summed E-state index contributed by atoms with van der Waals surface area (Å²) in [6, 6.07) is 9.09. The number of aliphatic hydroxyl groups excluding tert-OH is 1. The molecule has 0 aliphatic carbocycles. The van der Waals surface area contributed by atoms with Crippen molar-refractivity contribution in [1.82, 2.24) is 9.97 Å². The molecule has 1 unspecified atom stereocenters. The van der Waals surface area contributed by atoms with Crippen LogP contribution in [0.1, 0.15) is 24.5 Å². The third-order valence-corrected chi connectivity index (χ3v) is 4.67. The molecule has 2 aromatic rings. The van der Waals surface area contributed by atoms with Crippen LogP contribution in [0.15, 0.2) is 30.3 Å². The van der Waals surface area contributed by atoms with Gasteiger partial charge in [-0.25, -0.2) is 4.98 Å². The summed E-state index contributed by atoms with van der Waals surface area (Å²) in [5.41, 5.74) is 6.55. The van der Waals surface area contributed by atoms with E-state index < -0.39 is 6.10 Å². The van der Waals surface area contributed by atoms with Crippen molar-refractivity contribution in [3.8, 4) is 0 Å². The molecule has 1 aromatic heterocycles. The van der Waals surface area contributed by atoms with Crippen LogP contribution in [0.5, 0.6) is 0 Å². The highest BCUT2D eigenvalue weighted by Gasteiger charge is 2.27. The summed E-state index contributed by atoms with van der Waals surface area (Å²) in [7, 11) is 0. The van der Waals surface area contributed by atoms with Crippen LogP contribution >= 0.6 is 23.2 Å². The quantitative estimate of drug-likeness (QED) is 0.828. The van der Waals surface area contributed by atoms with Gasteiger partial charge >= 0.3 is 0 Å². The molecule has 1 fully saturated rings. The summed E-state index contributed by atoms with van der Waals surface area (Å²) in [4.78, 5) is 10.2. The lowest BCUT2D eigenvalue weighted by Crippen LogP contribution is -2.36. The van der Waals surface area contributed by atoms with Gasteiger partial charge in [-0.15, -0.1) is 0 Å². The first-order valence-electron chi connectivity index (χ1n) is 7.51. The van der Waals surface area contributed by atoms with Crippen LogP contribution in [-0.4, -0.2) is 28.2 Å². The van der Waals surface area contributed by atoms with Gasteiger partial charge in [0.2, 0.25) is 5.95 Å². The van der Waals surface area contributed by atoms with Crippen molar-refractivity contribution in [3.05, 3.63) is 46.1 Å². The fourth-order valence-electron chi connectivity index (χ4n) is 2.96. The molecule has 1 aliphatic heterocycles. The van der Waals surface area contributed by atoms with Gasteiger partial charge in [0.05, 0.1) is 6.10 Å². The molecule has 5 nitrogen and oxygen atoms in total. The van der Waals surface area contributed by atoms with Crippen LogP contribution in [0.3, 0.4) is 0 Å². The summed E-state index contributed by atoms with van der Waals surface area (Å²) in [5, 5.41) is 11.6. The van der Waals surface area contributed by atoms with E-state index in [9.17, 15) is 5.11 Å². The van der Waals surface area contributed by atoms with Gasteiger partial charge in [0.25, 0.3) is 0 Å². The third kappa shape index (κ3) is 3.86. The molecule has 0 saturated carbocycles. The molecule has 23 heavy (non-hydrogen) atoms. The van der Waals surface area contributed by atoms with Gasteiger partial charge in [0, 0.05) is 24.2 Å². The SMILES string of the molecule is Nc1nc(Cl)cc(N2CCC(C(O)c3ccc(Cl)cc3)CC2)n1. The van der Waals surface area contributed by atoms with Crippen LogP contribution < -0.4 is 10.6 Å². The lowest BCUT2D eigenvalue weighted by Gasteiger charge is -2.35. The predicted molar refractivity (Wildman–Crippen MR) is 92.8 cm³/mol. The van der Waals surface area contributed by atoms with Gasteiger partial charge in [-0.1, -0.05) is 35.3 Å². The highest BCUT2D eigenvalue weighted by Crippen LogP contribution is 2.32. The summed E-state index contributed by atoms with van der Waals surface area (Å²) in [6.45, 7) is 1.59. The van der Waals surface area contributed by atoms with Gasteiger partial charge in [0.1, 0.15) is 11.0 Å². The average molecular weight is 353 g/mol. The number of piperidine rings is 1. The molecule has 1 aromatic carbocycles. The number of nitrogens with two attached hydrogens (primary N) is 1. The molecule has 7 heteroatoms. The smallest absolute Gasteiger partial charge is 0.223 e. The maximum Gasteiger partial charge on any atom is 0.223 e. The molecular weight excluding hydrogens is 335 g/mol. The number of hydrogen-bond donors (Lipinski definition) is 2. The second-order valence-corrected chi connectivity index (χ2v) is 6.55. The first kappa shape index (κ1) is 16.3. The first-order valence-corrected chi connectivity index (χ1v) is 8.27. The zero-order chi connectivity index (χ0) is 16.4. The lowest BCUT2D eigenvalue weighted by molar-refractivity contribution is 0.0929. The Balaban J connectivity index is 1.64. The second-order valence-electron chi connectivity index (χ2n) is 5.73. The lowest BCUT2D eigenvalue weighted by atomic mass is 9.87. The number of nitrogen functional groups attached to an aromatic ring is 1. The number of aliphatic hydroxyl groups is 1. The van der Waals surface area contributed by atoms with Crippen LogP contribution in [0.25, 0.3) is 0 Å². The maximum absolute atomic E-state index is 10.6. The number of anilines is 2. The van der Waals surface area contributed by atoms with E-state index in [1.165, 1.54) is 0 Å². The molecule has 1 saturated heterocycles. The van der Waals surface area contributed by atoms with Crippen molar-refractivity contribution in [2.75, 3.05) is 23.7 Å². The molecular formula is C16H18Cl2N4O. The van der Waals surface area contributed by atoms with Gasteiger partial charge in [-0.2, -0.15) is 4.98 Å². The Morgan fingerprint density at radius 3 is 2.39 bits per heavy atom. The fourth-order valence-corrected chi connectivity index (χ4v) is 3.27.